The summed E-state index contributed by atoms with van der Waals surface area (Å²) in [5.74, 6) is -0.988. The van der Waals surface area contributed by atoms with Crippen molar-refractivity contribution >= 4 is 28.6 Å². The fourth-order valence-corrected chi connectivity index (χ4v) is 0.179. The van der Waals surface area contributed by atoms with Crippen LogP contribution in [0.25, 0.3) is 0 Å². The highest BCUT2D eigenvalue weighted by Gasteiger charge is 2.34. The quantitative estimate of drug-likeness (QED) is 0.553. The second-order valence-corrected chi connectivity index (χ2v) is 4.30. The van der Waals surface area contributed by atoms with E-state index in [0.717, 1.165) is 0 Å². The molecule has 0 amide bonds. The van der Waals surface area contributed by atoms with Crippen molar-refractivity contribution in [3.8, 4) is 0 Å². The van der Waals surface area contributed by atoms with Crippen molar-refractivity contribution in [1.82, 2.24) is 0 Å². The molecule has 4 heteroatoms. The molecule has 9 heavy (non-hydrogen) atoms. The second-order valence-electron chi connectivity index (χ2n) is 2.06. The average Bonchev–Trinajstić information content (AvgIpc) is 1.65. The van der Waals surface area contributed by atoms with Gasteiger partial charge in [0.25, 0.3) is 0 Å². The number of carboxylic acids is 1. The Balaban J connectivity index is 4.19. The summed E-state index contributed by atoms with van der Waals surface area (Å²) >= 11 is 1.71. The first-order valence-electron chi connectivity index (χ1n) is 2.49. The summed E-state index contributed by atoms with van der Waals surface area (Å²) < 4.78 is -1.06. The van der Waals surface area contributed by atoms with Crippen molar-refractivity contribution in [3.63, 3.8) is 0 Å². The smallest absolute Gasteiger partial charge is 0.321 e. The Bertz CT molecular complexity index is 119. The summed E-state index contributed by atoms with van der Waals surface area (Å²) in [7, 11) is 0. The molecule has 2 atom stereocenters. The molecule has 2 N–H and O–H groups in total. The predicted octanol–water partition coefficient (Wildman–Crippen LogP) is 0.645. The normalized spacial score (nSPS) is 20.4. The Morgan fingerprint density at radius 3 is 2.11 bits per heavy atom. The minimum absolute atomic E-state index is 0.824. The van der Waals surface area contributed by atoms with Gasteiger partial charge in [0.1, 0.15) is 3.42 Å². The highest BCUT2D eigenvalue weighted by atomic mass is 127. The number of aliphatic hydroxyl groups excluding tert-OH is 1. The summed E-state index contributed by atoms with van der Waals surface area (Å²) in [4.78, 5) is 10.3. The average molecular weight is 244 g/mol. The molecule has 0 spiro atoms. The minimum Gasteiger partial charge on any atom is -0.480 e. The van der Waals surface area contributed by atoms with E-state index in [1.54, 1.807) is 22.6 Å². The lowest BCUT2D eigenvalue weighted by Crippen LogP contribution is -2.38. The van der Waals surface area contributed by atoms with Gasteiger partial charge in [-0.2, -0.15) is 0 Å². The van der Waals surface area contributed by atoms with Crippen LogP contribution in [-0.2, 0) is 4.79 Å². The van der Waals surface area contributed by atoms with Crippen molar-refractivity contribution in [2.45, 2.75) is 23.4 Å². The van der Waals surface area contributed by atoms with Crippen molar-refractivity contribution < 1.29 is 15.0 Å². The molecule has 0 saturated heterocycles. The predicted molar refractivity (Wildman–Crippen MR) is 41.7 cm³/mol. The molecule has 0 radical (unpaired) electrons. The van der Waals surface area contributed by atoms with Crippen molar-refractivity contribution in [2.75, 3.05) is 0 Å². The molecule has 0 unspecified atom stereocenters. The third kappa shape index (κ3) is 2.09. The van der Waals surface area contributed by atoms with Crippen LogP contribution in [0, 0.1) is 0 Å². The third-order valence-corrected chi connectivity index (χ3v) is 2.57. The van der Waals surface area contributed by atoms with Gasteiger partial charge in [-0.25, -0.2) is 0 Å². The van der Waals surface area contributed by atoms with Gasteiger partial charge in [-0.15, -0.1) is 0 Å². The van der Waals surface area contributed by atoms with Gasteiger partial charge < -0.3 is 10.2 Å². The molecule has 0 aromatic heterocycles. The molecule has 0 aromatic rings. The van der Waals surface area contributed by atoms with Crippen LogP contribution >= 0.6 is 22.6 Å². The SMILES string of the molecule is C[C@@H](O)[C@@](C)(I)C(=O)O. The molecule has 0 rings (SSSR count). The molecule has 3 nitrogen and oxygen atoms in total. The van der Waals surface area contributed by atoms with Crippen LogP contribution in [-0.4, -0.2) is 25.7 Å². The van der Waals surface area contributed by atoms with Crippen LogP contribution in [0.4, 0.5) is 0 Å². The number of carbonyl (C=O) groups is 1. The van der Waals surface area contributed by atoms with Crippen LogP contribution in [0.15, 0.2) is 0 Å². The van der Waals surface area contributed by atoms with E-state index < -0.39 is 15.5 Å². The van der Waals surface area contributed by atoms with Gasteiger partial charge in [-0.1, -0.05) is 22.6 Å². The molecule has 0 aliphatic rings. The van der Waals surface area contributed by atoms with Crippen molar-refractivity contribution in [1.29, 1.82) is 0 Å². The van der Waals surface area contributed by atoms with Crippen molar-refractivity contribution in [3.05, 3.63) is 0 Å². The number of halogens is 1. The topological polar surface area (TPSA) is 57.5 Å². The van der Waals surface area contributed by atoms with E-state index in [-0.39, 0.29) is 0 Å². The number of alkyl halides is 1. The van der Waals surface area contributed by atoms with Crippen LogP contribution in [0.5, 0.6) is 0 Å². The van der Waals surface area contributed by atoms with Crippen LogP contribution in [0.1, 0.15) is 13.8 Å². The van der Waals surface area contributed by atoms with E-state index in [9.17, 15) is 4.79 Å². The van der Waals surface area contributed by atoms with Gasteiger partial charge >= 0.3 is 5.97 Å². The van der Waals surface area contributed by atoms with Gasteiger partial charge in [0.15, 0.2) is 0 Å². The first-order chi connectivity index (χ1) is 3.89. The number of hydrogen-bond donors (Lipinski definition) is 2. The van der Waals surface area contributed by atoms with E-state index in [4.69, 9.17) is 10.2 Å². The van der Waals surface area contributed by atoms with Crippen LogP contribution in [0.2, 0.25) is 0 Å². The van der Waals surface area contributed by atoms with Gasteiger partial charge in [0.05, 0.1) is 6.10 Å². The van der Waals surface area contributed by atoms with Gasteiger partial charge in [-0.3, -0.25) is 4.79 Å². The van der Waals surface area contributed by atoms with E-state index in [2.05, 4.69) is 0 Å². The van der Waals surface area contributed by atoms with E-state index >= 15 is 0 Å². The zero-order valence-corrected chi connectivity index (χ0v) is 7.42. The lowest BCUT2D eigenvalue weighted by Gasteiger charge is -2.19. The summed E-state index contributed by atoms with van der Waals surface area (Å²) in [6.07, 6.45) is -0.824. The third-order valence-electron chi connectivity index (χ3n) is 1.20. The van der Waals surface area contributed by atoms with Gasteiger partial charge in [-0.05, 0) is 13.8 Å². The molecule has 0 saturated carbocycles. The second kappa shape index (κ2) is 2.83. The number of hydrogen-bond acceptors (Lipinski definition) is 2. The standard InChI is InChI=1S/C5H9IO3/c1-3(7)5(2,6)4(8)9/h3,7H,1-2H3,(H,8,9)/t3-,5-/m1/s1. The summed E-state index contributed by atoms with van der Waals surface area (Å²) in [5.41, 5.74) is 0. The fraction of sp³-hybridized carbons (Fsp3) is 0.800. The van der Waals surface area contributed by atoms with E-state index in [0.29, 0.717) is 0 Å². The van der Waals surface area contributed by atoms with Crippen LogP contribution in [0.3, 0.4) is 0 Å². The Labute approximate surface area is 67.2 Å². The maximum absolute atomic E-state index is 10.3. The monoisotopic (exact) mass is 244 g/mol. The number of rotatable bonds is 2. The fourth-order valence-electron chi connectivity index (χ4n) is 0.179. The zero-order chi connectivity index (χ0) is 7.65. The Morgan fingerprint density at radius 2 is 2.11 bits per heavy atom. The molecule has 0 aliphatic heterocycles. The van der Waals surface area contributed by atoms with Crippen molar-refractivity contribution in [2.24, 2.45) is 0 Å². The molecule has 0 aromatic carbocycles. The molecule has 0 heterocycles. The molecular weight excluding hydrogens is 235 g/mol. The molecule has 0 fully saturated rings. The Hall–Kier alpha value is 0.160. The maximum Gasteiger partial charge on any atom is 0.321 e. The molecule has 0 bridgehead atoms. The summed E-state index contributed by atoms with van der Waals surface area (Å²) in [6, 6.07) is 0. The van der Waals surface area contributed by atoms with Crippen LogP contribution < -0.4 is 0 Å². The Kier molecular flexibility index (Phi) is 2.88. The number of carboxylic acid groups (broad SMARTS) is 1. The zero-order valence-electron chi connectivity index (χ0n) is 5.26. The van der Waals surface area contributed by atoms with E-state index in [1.807, 2.05) is 0 Å². The first-order valence-corrected chi connectivity index (χ1v) is 3.57. The highest BCUT2D eigenvalue weighted by molar-refractivity contribution is 14.1. The number of aliphatic carboxylic acids is 1. The molecule has 0 aliphatic carbocycles. The largest absolute Gasteiger partial charge is 0.480 e. The minimum atomic E-state index is -1.06. The summed E-state index contributed by atoms with van der Waals surface area (Å²) in [6.45, 7) is 2.93. The van der Waals surface area contributed by atoms with E-state index in [1.165, 1.54) is 13.8 Å². The molecule has 54 valence electrons. The Morgan fingerprint density at radius 1 is 1.78 bits per heavy atom. The van der Waals surface area contributed by atoms with Gasteiger partial charge in [0.2, 0.25) is 0 Å². The maximum atomic E-state index is 10.3. The lowest BCUT2D eigenvalue weighted by molar-refractivity contribution is -0.141. The van der Waals surface area contributed by atoms with Gasteiger partial charge in [0, 0.05) is 0 Å². The highest BCUT2D eigenvalue weighted by Crippen LogP contribution is 2.22. The summed E-state index contributed by atoms with van der Waals surface area (Å²) in [5, 5.41) is 17.3. The molecular formula is C5H9IO3. The number of aliphatic hydroxyl groups is 1. The lowest BCUT2D eigenvalue weighted by atomic mass is 10.1. The first kappa shape index (κ1) is 9.16.